The van der Waals surface area contributed by atoms with E-state index >= 15 is 0 Å². The summed E-state index contributed by atoms with van der Waals surface area (Å²) in [6.07, 6.45) is -15.3. The SMILES string of the molecule is O=[N+]([O-])c1cc(COC(C(F)(F)F)C(F)(F)F)ccc1Cl. The van der Waals surface area contributed by atoms with Gasteiger partial charge in [0.2, 0.25) is 6.10 Å². The second kappa shape index (κ2) is 6.06. The van der Waals surface area contributed by atoms with Crippen molar-refractivity contribution in [2.24, 2.45) is 0 Å². The first-order valence-corrected chi connectivity index (χ1v) is 5.48. The normalized spacial score (nSPS) is 12.8. The van der Waals surface area contributed by atoms with Gasteiger partial charge in [0.1, 0.15) is 5.02 Å². The number of nitrogens with zero attached hydrogens (tertiary/aromatic N) is 1. The topological polar surface area (TPSA) is 52.4 Å². The van der Waals surface area contributed by atoms with Gasteiger partial charge in [-0.15, -0.1) is 0 Å². The lowest BCUT2D eigenvalue weighted by Gasteiger charge is -2.23. The van der Waals surface area contributed by atoms with E-state index in [4.69, 9.17) is 11.6 Å². The lowest BCUT2D eigenvalue weighted by Crippen LogP contribution is -2.44. The van der Waals surface area contributed by atoms with Gasteiger partial charge in [-0.2, -0.15) is 26.3 Å². The summed E-state index contributed by atoms with van der Waals surface area (Å²) < 4.78 is 77.1. The number of hydrogen-bond acceptors (Lipinski definition) is 3. The summed E-state index contributed by atoms with van der Waals surface area (Å²) >= 11 is 5.46. The smallest absolute Gasteiger partial charge is 0.356 e. The molecule has 1 rings (SSSR count). The van der Waals surface area contributed by atoms with Gasteiger partial charge in [-0.1, -0.05) is 17.7 Å². The molecule has 0 aromatic heterocycles. The molecule has 0 unspecified atom stereocenters. The lowest BCUT2D eigenvalue weighted by molar-refractivity contribution is -0.384. The number of hydrogen-bond donors (Lipinski definition) is 0. The van der Waals surface area contributed by atoms with Crippen LogP contribution in [0.15, 0.2) is 18.2 Å². The molecule has 0 N–H and O–H groups in total. The Hall–Kier alpha value is -1.55. The molecule has 0 radical (unpaired) electrons. The minimum atomic E-state index is -5.64. The molecule has 1 aromatic carbocycles. The van der Waals surface area contributed by atoms with E-state index in [2.05, 4.69) is 4.74 Å². The molecule has 0 fully saturated rings. The number of benzene rings is 1. The maximum Gasteiger partial charge on any atom is 0.423 e. The molecule has 0 saturated heterocycles. The molecular formula is C10H6ClF6NO3. The third-order valence-electron chi connectivity index (χ3n) is 2.22. The van der Waals surface area contributed by atoms with E-state index in [9.17, 15) is 36.5 Å². The van der Waals surface area contributed by atoms with E-state index in [1.165, 1.54) is 0 Å². The molecule has 0 saturated carbocycles. The average Bonchev–Trinajstić information content (AvgIpc) is 2.27. The van der Waals surface area contributed by atoms with Gasteiger partial charge in [0.05, 0.1) is 11.5 Å². The molecule has 0 aliphatic heterocycles. The zero-order valence-corrected chi connectivity index (χ0v) is 10.6. The number of nitro benzene ring substituents is 1. The molecule has 0 heterocycles. The Balaban J connectivity index is 2.92. The van der Waals surface area contributed by atoms with Crippen LogP contribution in [-0.4, -0.2) is 23.4 Å². The molecule has 11 heteroatoms. The van der Waals surface area contributed by atoms with Crippen molar-refractivity contribution in [3.8, 4) is 0 Å². The molecule has 0 amide bonds. The third-order valence-corrected chi connectivity index (χ3v) is 2.54. The summed E-state index contributed by atoms with van der Waals surface area (Å²) in [6.45, 7) is -1.11. The highest BCUT2D eigenvalue weighted by atomic mass is 35.5. The van der Waals surface area contributed by atoms with Gasteiger partial charge >= 0.3 is 12.4 Å². The van der Waals surface area contributed by atoms with Gasteiger partial charge in [-0.25, -0.2) is 0 Å². The van der Waals surface area contributed by atoms with Crippen molar-refractivity contribution in [2.75, 3.05) is 0 Å². The van der Waals surface area contributed by atoms with E-state index in [-0.39, 0.29) is 10.6 Å². The molecule has 0 bridgehead atoms. The standard InChI is InChI=1S/C10H6ClF6NO3/c11-6-2-1-5(3-7(6)18(19)20)4-21-8(9(12,13)14)10(15,16)17/h1-3,8H,4H2. The van der Waals surface area contributed by atoms with Crippen molar-refractivity contribution < 1.29 is 36.0 Å². The molecule has 0 spiro atoms. The lowest BCUT2D eigenvalue weighted by atomic mass is 10.2. The van der Waals surface area contributed by atoms with Crippen LogP contribution in [-0.2, 0) is 11.3 Å². The fourth-order valence-electron chi connectivity index (χ4n) is 1.34. The van der Waals surface area contributed by atoms with Gasteiger partial charge in [0.25, 0.3) is 5.69 Å². The van der Waals surface area contributed by atoms with Gasteiger partial charge < -0.3 is 4.74 Å². The summed E-state index contributed by atoms with van der Waals surface area (Å²) in [6, 6.07) is 2.75. The molecule has 0 atom stereocenters. The predicted octanol–water partition coefficient (Wildman–Crippen LogP) is 4.26. The van der Waals surface area contributed by atoms with Crippen LogP contribution < -0.4 is 0 Å². The maximum absolute atomic E-state index is 12.2. The molecule has 118 valence electrons. The number of rotatable bonds is 4. The Bertz CT molecular complexity index is 517. The molecule has 0 aliphatic carbocycles. The Morgan fingerprint density at radius 3 is 2.14 bits per heavy atom. The number of halogens is 7. The van der Waals surface area contributed by atoms with Crippen LogP contribution in [0.25, 0.3) is 0 Å². The van der Waals surface area contributed by atoms with Crippen molar-refractivity contribution in [1.82, 2.24) is 0 Å². The van der Waals surface area contributed by atoms with Crippen LogP contribution in [0.5, 0.6) is 0 Å². The van der Waals surface area contributed by atoms with Gasteiger partial charge in [0.15, 0.2) is 0 Å². The number of alkyl halides is 6. The van der Waals surface area contributed by atoms with Crippen molar-refractivity contribution in [3.05, 3.63) is 38.9 Å². The highest BCUT2D eigenvalue weighted by Crippen LogP contribution is 2.36. The van der Waals surface area contributed by atoms with E-state index in [1.54, 1.807) is 0 Å². The summed E-state index contributed by atoms with van der Waals surface area (Å²) in [5, 5.41) is 10.3. The monoisotopic (exact) mass is 337 g/mol. The molecular weight excluding hydrogens is 332 g/mol. The van der Waals surface area contributed by atoms with Crippen LogP contribution in [0.1, 0.15) is 5.56 Å². The Labute approximate surface area is 118 Å². The highest BCUT2D eigenvalue weighted by Gasteiger charge is 2.57. The summed E-state index contributed by atoms with van der Waals surface area (Å²) in [4.78, 5) is 9.63. The van der Waals surface area contributed by atoms with Crippen LogP contribution in [0.3, 0.4) is 0 Å². The van der Waals surface area contributed by atoms with Crippen LogP contribution in [0.2, 0.25) is 5.02 Å². The maximum atomic E-state index is 12.2. The van der Waals surface area contributed by atoms with E-state index in [1.807, 2.05) is 0 Å². The van der Waals surface area contributed by atoms with Crippen molar-refractivity contribution in [1.29, 1.82) is 0 Å². The number of ether oxygens (including phenoxy) is 1. The van der Waals surface area contributed by atoms with Crippen molar-refractivity contribution in [3.63, 3.8) is 0 Å². The summed E-state index contributed by atoms with van der Waals surface area (Å²) in [5.41, 5.74) is -0.891. The van der Waals surface area contributed by atoms with Gasteiger partial charge in [-0.05, 0) is 11.6 Å². The quantitative estimate of drug-likeness (QED) is 0.468. The van der Waals surface area contributed by atoms with Crippen LogP contribution in [0.4, 0.5) is 32.0 Å². The molecule has 4 nitrogen and oxygen atoms in total. The van der Waals surface area contributed by atoms with Crippen molar-refractivity contribution in [2.45, 2.75) is 25.1 Å². The van der Waals surface area contributed by atoms with Crippen LogP contribution >= 0.6 is 11.6 Å². The fraction of sp³-hybridized carbons (Fsp3) is 0.400. The van der Waals surface area contributed by atoms with Crippen LogP contribution in [0, 0.1) is 10.1 Å². The Morgan fingerprint density at radius 2 is 1.71 bits per heavy atom. The first-order chi connectivity index (χ1) is 9.43. The van der Waals surface area contributed by atoms with Crippen molar-refractivity contribution >= 4 is 17.3 Å². The Morgan fingerprint density at radius 1 is 1.19 bits per heavy atom. The molecule has 0 aliphatic rings. The zero-order chi connectivity index (χ0) is 16.4. The first kappa shape index (κ1) is 17.5. The van der Waals surface area contributed by atoms with E-state index < -0.39 is 35.7 Å². The zero-order valence-electron chi connectivity index (χ0n) is 9.83. The fourth-order valence-corrected chi connectivity index (χ4v) is 1.53. The van der Waals surface area contributed by atoms with E-state index in [0.717, 1.165) is 18.2 Å². The predicted molar refractivity (Wildman–Crippen MR) is 58.8 cm³/mol. The summed E-state index contributed by atoms with van der Waals surface area (Å²) in [5.74, 6) is 0. The minimum absolute atomic E-state index is 0.246. The highest BCUT2D eigenvalue weighted by molar-refractivity contribution is 6.32. The van der Waals surface area contributed by atoms with E-state index in [0.29, 0.717) is 0 Å². The van der Waals surface area contributed by atoms with Gasteiger partial charge in [-0.3, -0.25) is 10.1 Å². The Kier molecular flexibility index (Phi) is 5.05. The molecule has 1 aromatic rings. The van der Waals surface area contributed by atoms with Gasteiger partial charge in [0, 0.05) is 6.07 Å². The second-order valence-corrected chi connectivity index (χ2v) is 4.22. The largest absolute Gasteiger partial charge is 0.423 e. The average molecular weight is 338 g/mol. The third kappa shape index (κ3) is 4.74. The second-order valence-electron chi connectivity index (χ2n) is 3.82. The minimum Gasteiger partial charge on any atom is -0.356 e. The number of nitro groups is 1. The first-order valence-electron chi connectivity index (χ1n) is 5.10. The molecule has 21 heavy (non-hydrogen) atoms. The summed E-state index contributed by atoms with van der Waals surface area (Å²) in [7, 11) is 0.